The van der Waals surface area contributed by atoms with Gasteiger partial charge in [0, 0.05) is 6.42 Å². The molecule has 0 bridgehead atoms. The minimum Gasteiger partial charge on any atom is -0.421 e. The second-order valence-corrected chi connectivity index (χ2v) is 8.25. The molecule has 0 radical (unpaired) electrons. The summed E-state index contributed by atoms with van der Waals surface area (Å²) in [7, 11) is -13.4. The van der Waals surface area contributed by atoms with Gasteiger partial charge in [-0.1, -0.05) is 26.2 Å². The van der Waals surface area contributed by atoms with Crippen LogP contribution in [0.25, 0.3) is 4.13 Å². The normalized spacial score (nSPS) is 13.2. The first-order valence-electron chi connectivity index (χ1n) is 7.05. The van der Waals surface area contributed by atoms with Crippen molar-refractivity contribution in [2.75, 3.05) is 0 Å². The Balaban J connectivity index is 0.000000502. The van der Waals surface area contributed by atoms with E-state index < -0.39 is 31.1 Å². The monoisotopic (exact) mass is 433 g/mol. The van der Waals surface area contributed by atoms with Crippen molar-refractivity contribution >= 4 is 20.0 Å². The first kappa shape index (κ1) is 24.7. The topological polar surface area (TPSA) is 112 Å². The molecule has 1 aromatic heterocycles. The Bertz CT molecular complexity index is 685. The van der Waals surface area contributed by atoms with Crippen LogP contribution in [-0.4, -0.2) is 32.8 Å². The molecule has 2 N–H and O–H groups in total. The van der Waals surface area contributed by atoms with Gasteiger partial charge < -0.3 is 4.13 Å². The zero-order valence-electron chi connectivity index (χ0n) is 13.4. The summed E-state index contributed by atoms with van der Waals surface area (Å²) in [5.41, 5.74) is -12.4. The van der Waals surface area contributed by atoms with Crippen LogP contribution < -0.4 is 4.98 Å². The Kier molecular flexibility index (Phi) is 9.05. The molecule has 0 saturated carbocycles. The third-order valence-corrected chi connectivity index (χ3v) is 5.40. The van der Waals surface area contributed by atoms with Gasteiger partial charge in [-0.15, -0.1) is 0 Å². The molecule has 1 aromatic rings. The van der Waals surface area contributed by atoms with E-state index >= 15 is 0 Å². The molecule has 1 rings (SSSR count). The van der Waals surface area contributed by atoms with Gasteiger partial charge in [0.25, 0.3) is 5.82 Å². The van der Waals surface area contributed by atoms with Crippen molar-refractivity contribution in [3.63, 3.8) is 0 Å². The van der Waals surface area contributed by atoms with Crippen LogP contribution in [0.1, 0.15) is 38.4 Å². The van der Waals surface area contributed by atoms with Gasteiger partial charge in [0.05, 0.1) is 0 Å². The Morgan fingerprint density at radius 1 is 0.962 bits per heavy atom. The number of unbranched alkanes of at least 4 members (excludes halogenated alkanes) is 3. The smallest absolute Gasteiger partial charge is 0.421 e. The second-order valence-electron chi connectivity index (χ2n) is 4.83. The third-order valence-electron chi connectivity index (χ3n) is 2.66. The van der Waals surface area contributed by atoms with Gasteiger partial charge in [0.2, 0.25) is 0 Å². The summed E-state index contributed by atoms with van der Waals surface area (Å²) in [6, 6.07) is 0. The van der Waals surface area contributed by atoms with E-state index in [2.05, 4.69) is 16.9 Å². The summed E-state index contributed by atoms with van der Waals surface area (Å²) in [5, 5.41) is 0. The van der Waals surface area contributed by atoms with Gasteiger partial charge in [0.1, 0.15) is 12.4 Å². The van der Waals surface area contributed by atoms with E-state index in [9.17, 15) is 43.2 Å². The molecule has 0 aliphatic heterocycles. The molecule has 15 heteroatoms. The number of halogens is 6. The summed E-state index contributed by atoms with van der Waals surface area (Å²) < 4.78 is 109. The van der Waals surface area contributed by atoms with Crippen molar-refractivity contribution in [1.82, 2.24) is 4.98 Å². The molecule has 0 saturated heterocycles. The maximum absolute atomic E-state index is 11.4. The first-order chi connectivity index (χ1) is 11.6. The average molecular weight is 433 g/mol. The fourth-order valence-corrected chi connectivity index (χ4v) is 3.12. The maximum atomic E-state index is 11.4. The van der Waals surface area contributed by atoms with E-state index in [1.165, 1.54) is 31.5 Å². The van der Waals surface area contributed by atoms with Crippen molar-refractivity contribution in [1.29, 1.82) is 0 Å². The number of nitrogens with one attached hydrogen (secondary N) is 2. The number of rotatable bonds is 7. The number of imidazole rings is 1. The van der Waals surface area contributed by atoms with Crippen molar-refractivity contribution < 1.29 is 48.2 Å². The van der Waals surface area contributed by atoms with Gasteiger partial charge in [-0.25, -0.2) is 26.8 Å². The van der Waals surface area contributed by atoms with E-state index in [0.29, 0.717) is 0 Å². The predicted octanol–water partition coefficient (Wildman–Crippen LogP) is 3.01. The summed E-state index contributed by atoms with van der Waals surface area (Å²) in [4.78, 5) is 6.32. The lowest BCUT2D eigenvalue weighted by molar-refractivity contribution is -0.388. The van der Waals surface area contributed by atoms with Crippen LogP contribution in [0, 0.1) is 0 Å². The fraction of sp³-hybridized carbons (Fsp3) is 0.727. The largest absolute Gasteiger partial charge is 0.480 e. The molecule has 0 atom stereocenters. The van der Waals surface area contributed by atoms with Crippen LogP contribution in [-0.2, 0) is 26.5 Å². The highest BCUT2D eigenvalue weighted by molar-refractivity contribution is 8.13. The third kappa shape index (κ3) is 8.35. The molecule has 1 heterocycles. The molecule has 0 aliphatic rings. The molecular formula is C11H17F6N3O4S2. The lowest BCUT2D eigenvalue weighted by atomic mass is 10.1. The second kappa shape index (κ2) is 9.55. The molecule has 0 aromatic carbocycles. The van der Waals surface area contributed by atoms with E-state index in [0.717, 1.165) is 10.5 Å². The minimum atomic E-state index is -6.72. The predicted molar refractivity (Wildman–Crippen MR) is 78.5 cm³/mol. The van der Waals surface area contributed by atoms with E-state index in [-0.39, 0.29) is 0 Å². The summed E-state index contributed by atoms with van der Waals surface area (Å²) in [5.74, 6) is 1.25. The number of H-pyrrole nitrogens is 2. The highest BCUT2D eigenvalue weighted by Gasteiger charge is 2.46. The van der Waals surface area contributed by atoms with Crippen molar-refractivity contribution in [2.24, 2.45) is 0 Å². The lowest BCUT2D eigenvalue weighted by Crippen LogP contribution is -2.30. The standard InChI is InChI=1S/C9H16N2.C2F6NO4S2/c1-2-3-4-5-6-9-10-7-8-11-9;3-1(4,5)14(10,11)9-15(12,13)2(6,7)8/h7-8H,2-6H2,1H3,(H,10,11);/q;-1/p+1. The van der Waals surface area contributed by atoms with Crippen LogP contribution in [0.3, 0.4) is 0 Å². The van der Waals surface area contributed by atoms with E-state index in [1.807, 2.05) is 12.4 Å². The quantitative estimate of drug-likeness (QED) is 0.526. The maximum Gasteiger partial charge on any atom is 0.480 e. The van der Waals surface area contributed by atoms with Crippen molar-refractivity contribution in [3.05, 3.63) is 22.3 Å². The molecule has 7 nitrogen and oxygen atoms in total. The average Bonchev–Trinajstić information content (AvgIpc) is 2.94. The Labute approximate surface area is 146 Å². The number of aromatic amines is 2. The number of aromatic nitrogens is 2. The Morgan fingerprint density at radius 2 is 1.46 bits per heavy atom. The van der Waals surface area contributed by atoms with Crippen molar-refractivity contribution in [2.45, 2.75) is 50.0 Å². The number of hydrogen-bond acceptors (Lipinski definition) is 4. The van der Waals surface area contributed by atoms with Gasteiger partial charge in [-0.2, -0.15) is 26.3 Å². The molecule has 26 heavy (non-hydrogen) atoms. The van der Waals surface area contributed by atoms with Gasteiger partial charge in [-0.05, 0) is 6.42 Å². The number of nitrogens with zero attached hydrogens (tertiary/aromatic N) is 1. The SMILES string of the molecule is CCCCCCc1[nH]cc[nH+]1.O=S(=O)([N-]S(=O)(=O)C(F)(F)F)C(F)(F)F. The van der Waals surface area contributed by atoms with Crippen LogP contribution in [0.2, 0.25) is 0 Å². The molecule has 0 aliphatic carbocycles. The molecule has 0 unspecified atom stereocenters. The Morgan fingerprint density at radius 3 is 1.81 bits per heavy atom. The lowest BCUT2D eigenvalue weighted by Gasteiger charge is -2.22. The molecule has 0 amide bonds. The summed E-state index contributed by atoms with van der Waals surface area (Å²) >= 11 is 0. The minimum absolute atomic E-state index is 0.778. The van der Waals surface area contributed by atoms with Gasteiger partial charge in [-0.3, -0.25) is 0 Å². The molecule has 0 fully saturated rings. The number of alkyl halides is 6. The summed E-state index contributed by atoms with van der Waals surface area (Å²) in [6.07, 6.45) is 10.4. The van der Waals surface area contributed by atoms with Crippen LogP contribution in [0.15, 0.2) is 12.4 Å². The summed E-state index contributed by atoms with van der Waals surface area (Å²) in [6.45, 7) is 2.24. The highest BCUT2D eigenvalue weighted by atomic mass is 32.3. The van der Waals surface area contributed by atoms with Crippen LogP contribution in [0.5, 0.6) is 0 Å². The zero-order valence-corrected chi connectivity index (χ0v) is 15.0. The van der Waals surface area contributed by atoms with Crippen molar-refractivity contribution in [3.8, 4) is 0 Å². The Hall–Kier alpha value is -1.35. The number of aryl methyl sites for hydroxylation is 1. The molecular weight excluding hydrogens is 416 g/mol. The number of hydrogen-bond donors (Lipinski definition) is 1. The van der Waals surface area contributed by atoms with E-state index in [4.69, 9.17) is 0 Å². The van der Waals surface area contributed by atoms with E-state index in [1.54, 1.807) is 0 Å². The fourth-order valence-electron chi connectivity index (χ4n) is 1.41. The first-order valence-corrected chi connectivity index (χ1v) is 9.93. The van der Waals surface area contributed by atoms with Crippen LogP contribution >= 0.6 is 0 Å². The molecule has 154 valence electrons. The van der Waals surface area contributed by atoms with Crippen LogP contribution in [0.4, 0.5) is 26.3 Å². The number of sulfonamides is 2. The highest BCUT2D eigenvalue weighted by Crippen LogP contribution is 2.36. The zero-order chi connectivity index (χ0) is 20.6. The van der Waals surface area contributed by atoms with Gasteiger partial charge >= 0.3 is 11.0 Å². The van der Waals surface area contributed by atoms with Gasteiger partial charge in [0.15, 0.2) is 20.0 Å². The molecule has 0 spiro atoms.